The molecule has 0 aliphatic rings. The number of amides is 2. The number of urea groups is 1. The summed E-state index contributed by atoms with van der Waals surface area (Å²) < 4.78 is 10.5. The summed E-state index contributed by atoms with van der Waals surface area (Å²) in [7, 11) is 0. The van der Waals surface area contributed by atoms with Gasteiger partial charge in [0.15, 0.2) is 0 Å². The number of nitrogens with zero attached hydrogens (tertiary/aromatic N) is 2. The minimum Gasteiger partial charge on any atom is -0.466 e. The van der Waals surface area contributed by atoms with Gasteiger partial charge in [-0.2, -0.15) is 0 Å². The van der Waals surface area contributed by atoms with Crippen LogP contribution in [0.4, 0.5) is 10.5 Å². The van der Waals surface area contributed by atoms with Crippen LogP contribution < -0.4 is 10.6 Å². The third-order valence-corrected chi connectivity index (χ3v) is 3.56. The van der Waals surface area contributed by atoms with Crippen LogP contribution in [-0.2, 0) is 5.60 Å². The molecule has 25 heavy (non-hydrogen) atoms. The van der Waals surface area contributed by atoms with Crippen LogP contribution in [0.2, 0.25) is 0 Å². The van der Waals surface area contributed by atoms with E-state index in [9.17, 15) is 9.90 Å². The molecule has 0 radical (unpaired) electrons. The second kappa shape index (κ2) is 6.78. The van der Waals surface area contributed by atoms with Crippen molar-refractivity contribution in [3.8, 4) is 11.5 Å². The van der Waals surface area contributed by atoms with Gasteiger partial charge in [-0.1, -0.05) is 0 Å². The maximum Gasteiger partial charge on any atom is 0.319 e. The standard InChI is InChI=1S/C17H18N4O4/c1-11-20-21-15(25-11)12-5-7-13(8-6-12)19-16(22)18-10-17(2,23)14-4-3-9-24-14/h3-9,23H,10H2,1-2H3,(H2,18,19,22). The number of benzene rings is 1. The molecule has 0 spiro atoms. The summed E-state index contributed by atoms with van der Waals surface area (Å²) in [6.45, 7) is 3.29. The molecule has 0 bridgehead atoms. The van der Waals surface area contributed by atoms with E-state index in [2.05, 4.69) is 20.8 Å². The molecule has 8 heteroatoms. The smallest absolute Gasteiger partial charge is 0.319 e. The van der Waals surface area contributed by atoms with Crippen LogP contribution in [0.5, 0.6) is 0 Å². The van der Waals surface area contributed by atoms with Crippen LogP contribution in [-0.4, -0.2) is 27.9 Å². The van der Waals surface area contributed by atoms with E-state index in [4.69, 9.17) is 8.83 Å². The molecule has 0 saturated carbocycles. The minimum atomic E-state index is -1.29. The van der Waals surface area contributed by atoms with E-state index in [1.165, 1.54) is 6.26 Å². The normalized spacial score (nSPS) is 13.2. The molecule has 2 aromatic heterocycles. The van der Waals surface area contributed by atoms with E-state index in [0.29, 0.717) is 23.2 Å². The van der Waals surface area contributed by atoms with Crippen molar-refractivity contribution in [2.24, 2.45) is 0 Å². The van der Waals surface area contributed by atoms with Crippen molar-refractivity contribution >= 4 is 11.7 Å². The molecule has 0 aliphatic carbocycles. The number of nitrogens with one attached hydrogen (secondary N) is 2. The lowest BCUT2D eigenvalue weighted by molar-refractivity contribution is 0.0372. The SMILES string of the molecule is Cc1nnc(-c2ccc(NC(=O)NCC(C)(O)c3ccco3)cc2)o1. The van der Waals surface area contributed by atoms with Crippen LogP contribution >= 0.6 is 0 Å². The third kappa shape index (κ3) is 4.04. The number of aromatic nitrogens is 2. The van der Waals surface area contributed by atoms with Gasteiger partial charge in [-0.3, -0.25) is 0 Å². The van der Waals surface area contributed by atoms with Crippen molar-refractivity contribution in [2.45, 2.75) is 19.4 Å². The highest BCUT2D eigenvalue weighted by atomic mass is 16.4. The molecular formula is C17H18N4O4. The molecule has 8 nitrogen and oxygen atoms in total. The van der Waals surface area contributed by atoms with E-state index in [1.807, 2.05) is 0 Å². The van der Waals surface area contributed by atoms with Crippen molar-refractivity contribution < 1.29 is 18.7 Å². The van der Waals surface area contributed by atoms with Gasteiger partial charge in [0.2, 0.25) is 11.8 Å². The molecule has 2 amide bonds. The Morgan fingerprint density at radius 3 is 2.60 bits per heavy atom. The Hall–Kier alpha value is -3.13. The number of furan rings is 1. The molecule has 0 aliphatic heterocycles. The van der Waals surface area contributed by atoms with Crippen LogP contribution in [0, 0.1) is 6.92 Å². The number of hydrogen-bond acceptors (Lipinski definition) is 6. The number of rotatable bonds is 5. The predicted molar refractivity (Wildman–Crippen MR) is 89.8 cm³/mol. The Labute approximate surface area is 143 Å². The topological polar surface area (TPSA) is 113 Å². The van der Waals surface area contributed by atoms with Crippen LogP contribution in [0.3, 0.4) is 0 Å². The second-order valence-corrected chi connectivity index (χ2v) is 5.76. The van der Waals surface area contributed by atoms with Gasteiger partial charge in [-0.05, 0) is 43.3 Å². The summed E-state index contributed by atoms with van der Waals surface area (Å²) in [4.78, 5) is 12.0. The van der Waals surface area contributed by atoms with Crippen molar-refractivity contribution in [1.29, 1.82) is 0 Å². The molecular weight excluding hydrogens is 324 g/mol. The highest BCUT2D eigenvalue weighted by Crippen LogP contribution is 2.21. The lowest BCUT2D eigenvalue weighted by Gasteiger charge is -2.21. The fourth-order valence-electron chi connectivity index (χ4n) is 2.21. The highest BCUT2D eigenvalue weighted by molar-refractivity contribution is 5.89. The Balaban J connectivity index is 1.56. The third-order valence-electron chi connectivity index (χ3n) is 3.56. The monoisotopic (exact) mass is 342 g/mol. The zero-order chi connectivity index (χ0) is 17.9. The molecule has 1 aromatic carbocycles. The summed E-state index contributed by atoms with van der Waals surface area (Å²) in [5.74, 6) is 1.29. The summed E-state index contributed by atoms with van der Waals surface area (Å²) >= 11 is 0. The minimum absolute atomic E-state index is 0.00565. The van der Waals surface area contributed by atoms with Crippen molar-refractivity contribution in [2.75, 3.05) is 11.9 Å². The summed E-state index contributed by atoms with van der Waals surface area (Å²) in [5, 5.41) is 23.3. The van der Waals surface area contributed by atoms with Gasteiger partial charge in [0, 0.05) is 18.2 Å². The molecule has 130 valence electrons. The number of anilines is 1. The van der Waals surface area contributed by atoms with Crippen LogP contribution in [0.25, 0.3) is 11.5 Å². The fourth-order valence-corrected chi connectivity index (χ4v) is 2.21. The maximum atomic E-state index is 12.0. The van der Waals surface area contributed by atoms with Gasteiger partial charge < -0.3 is 24.6 Å². The Morgan fingerprint density at radius 2 is 2.00 bits per heavy atom. The lowest BCUT2D eigenvalue weighted by Crippen LogP contribution is -2.40. The number of aryl methyl sites for hydroxylation is 1. The first kappa shape index (κ1) is 16.7. The zero-order valence-corrected chi connectivity index (χ0v) is 13.8. The first-order chi connectivity index (χ1) is 11.9. The van der Waals surface area contributed by atoms with Gasteiger partial charge in [0.25, 0.3) is 0 Å². The number of carbonyl (C=O) groups excluding carboxylic acids is 1. The van der Waals surface area contributed by atoms with Gasteiger partial charge in [0.05, 0.1) is 12.8 Å². The number of carbonyl (C=O) groups is 1. The first-order valence-corrected chi connectivity index (χ1v) is 7.66. The lowest BCUT2D eigenvalue weighted by atomic mass is 10.0. The quantitative estimate of drug-likeness (QED) is 0.657. The second-order valence-electron chi connectivity index (χ2n) is 5.76. The van der Waals surface area contributed by atoms with Gasteiger partial charge in [-0.15, -0.1) is 10.2 Å². The van der Waals surface area contributed by atoms with E-state index >= 15 is 0 Å². The number of hydrogen-bond donors (Lipinski definition) is 3. The molecule has 3 aromatic rings. The summed E-state index contributed by atoms with van der Waals surface area (Å²) in [6.07, 6.45) is 1.47. The summed E-state index contributed by atoms with van der Waals surface area (Å²) in [5.41, 5.74) is 0.0583. The van der Waals surface area contributed by atoms with E-state index in [-0.39, 0.29) is 6.54 Å². The molecule has 1 unspecified atom stereocenters. The Bertz CT molecular complexity index is 838. The average molecular weight is 342 g/mol. The highest BCUT2D eigenvalue weighted by Gasteiger charge is 2.26. The average Bonchev–Trinajstić information content (AvgIpc) is 3.26. The fraction of sp³-hybridized carbons (Fsp3) is 0.235. The van der Waals surface area contributed by atoms with Crippen molar-refractivity contribution in [3.05, 3.63) is 54.3 Å². The van der Waals surface area contributed by atoms with Gasteiger partial charge in [0.1, 0.15) is 11.4 Å². The largest absolute Gasteiger partial charge is 0.466 e. The van der Waals surface area contributed by atoms with Gasteiger partial charge in [-0.25, -0.2) is 4.79 Å². The molecule has 0 saturated heterocycles. The first-order valence-electron chi connectivity index (χ1n) is 7.66. The Morgan fingerprint density at radius 1 is 1.24 bits per heavy atom. The molecule has 1 atom stereocenters. The van der Waals surface area contributed by atoms with Crippen molar-refractivity contribution in [3.63, 3.8) is 0 Å². The maximum absolute atomic E-state index is 12.0. The van der Waals surface area contributed by atoms with E-state index in [1.54, 1.807) is 50.2 Å². The molecule has 0 fully saturated rings. The molecule has 2 heterocycles. The van der Waals surface area contributed by atoms with Gasteiger partial charge >= 0.3 is 6.03 Å². The zero-order valence-electron chi connectivity index (χ0n) is 13.8. The molecule has 3 N–H and O–H groups in total. The summed E-state index contributed by atoms with van der Waals surface area (Å²) in [6, 6.07) is 9.86. The van der Waals surface area contributed by atoms with Crippen LogP contribution in [0.1, 0.15) is 18.6 Å². The van der Waals surface area contributed by atoms with E-state index in [0.717, 1.165) is 5.56 Å². The number of aliphatic hydroxyl groups is 1. The van der Waals surface area contributed by atoms with E-state index < -0.39 is 11.6 Å². The van der Waals surface area contributed by atoms with Crippen molar-refractivity contribution in [1.82, 2.24) is 15.5 Å². The Kier molecular flexibility index (Phi) is 4.53. The van der Waals surface area contributed by atoms with Crippen LogP contribution in [0.15, 0.2) is 51.5 Å². The molecule has 3 rings (SSSR count). The predicted octanol–water partition coefficient (Wildman–Crippen LogP) is 2.67.